The highest BCUT2D eigenvalue weighted by Crippen LogP contribution is 2.15. The standard InChI is InChI=1S/C26H51NO3/c1-3-5-7-8-9-10-11-12-13-14-15-16-17-18-19-20-22-27-26(30)24(21-6-4-2)23-25(28)29/h24H,3-23H2,1-2H3,(H,27,30)(H,28,29). The number of amides is 1. The van der Waals surface area contributed by atoms with Gasteiger partial charge in [0.05, 0.1) is 6.42 Å². The van der Waals surface area contributed by atoms with Crippen molar-refractivity contribution < 1.29 is 14.7 Å². The Balaban J connectivity index is 3.40. The lowest BCUT2D eigenvalue weighted by molar-refractivity contribution is -0.141. The van der Waals surface area contributed by atoms with Gasteiger partial charge in [-0.3, -0.25) is 9.59 Å². The normalized spacial score (nSPS) is 12.1. The van der Waals surface area contributed by atoms with Crippen LogP contribution in [0.25, 0.3) is 0 Å². The van der Waals surface area contributed by atoms with Crippen LogP contribution >= 0.6 is 0 Å². The van der Waals surface area contributed by atoms with Gasteiger partial charge in [-0.05, 0) is 12.8 Å². The van der Waals surface area contributed by atoms with Gasteiger partial charge in [-0.25, -0.2) is 0 Å². The maximum atomic E-state index is 12.2. The predicted octanol–water partition coefficient (Wildman–Crippen LogP) is 7.65. The molecule has 0 bridgehead atoms. The van der Waals surface area contributed by atoms with Crippen LogP contribution in [-0.4, -0.2) is 23.5 Å². The summed E-state index contributed by atoms with van der Waals surface area (Å²) in [6.07, 6.45) is 24.0. The molecule has 0 aliphatic carbocycles. The lowest BCUT2D eigenvalue weighted by Gasteiger charge is -2.14. The summed E-state index contributed by atoms with van der Waals surface area (Å²) in [5.74, 6) is -1.33. The van der Waals surface area contributed by atoms with Crippen LogP contribution < -0.4 is 5.32 Å². The van der Waals surface area contributed by atoms with E-state index in [4.69, 9.17) is 5.11 Å². The SMILES string of the molecule is CCCCCCCCCCCCCCCCCCNC(=O)C(CCCC)CC(=O)O. The van der Waals surface area contributed by atoms with E-state index in [0.717, 1.165) is 25.7 Å². The Kier molecular flexibility index (Phi) is 21.8. The number of unbranched alkanes of at least 4 members (excludes halogenated alkanes) is 16. The first-order valence-corrected chi connectivity index (χ1v) is 13.1. The van der Waals surface area contributed by atoms with E-state index in [9.17, 15) is 9.59 Å². The van der Waals surface area contributed by atoms with Gasteiger partial charge < -0.3 is 10.4 Å². The molecular weight excluding hydrogens is 374 g/mol. The molecule has 0 heterocycles. The maximum Gasteiger partial charge on any atom is 0.304 e. The van der Waals surface area contributed by atoms with Crippen LogP contribution in [-0.2, 0) is 9.59 Å². The fourth-order valence-corrected chi connectivity index (χ4v) is 4.02. The monoisotopic (exact) mass is 425 g/mol. The van der Waals surface area contributed by atoms with Crippen LogP contribution in [0.5, 0.6) is 0 Å². The summed E-state index contributed by atoms with van der Waals surface area (Å²) in [6, 6.07) is 0. The molecule has 0 spiro atoms. The molecule has 0 aromatic heterocycles. The lowest BCUT2D eigenvalue weighted by Crippen LogP contribution is -2.32. The third kappa shape index (κ3) is 20.2. The zero-order valence-corrected chi connectivity index (χ0v) is 20.2. The quantitative estimate of drug-likeness (QED) is 0.165. The fraction of sp³-hybridized carbons (Fsp3) is 0.923. The van der Waals surface area contributed by atoms with Gasteiger partial charge in [0.15, 0.2) is 0 Å². The number of rotatable bonds is 23. The van der Waals surface area contributed by atoms with Gasteiger partial charge in [-0.15, -0.1) is 0 Å². The first-order valence-electron chi connectivity index (χ1n) is 13.1. The zero-order chi connectivity index (χ0) is 22.3. The molecule has 0 radical (unpaired) electrons. The number of carbonyl (C=O) groups is 2. The second-order valence-corrected chi connectivity index (χ2v) is 9.03. The van der Waals surface area contributed by atoms with E-state index in [1.807, 2.05) is 0 Å². The average molecular weight is 426 g/mol. The molecular formula is C26H51NO3. The van der Waals surface area contributed by atoms with E-state index in [0.29, 0.717) is 13.0 Å². The van der Waals surface area contributed by atoms with Crippen molar-refractivity contribution >= 4 is 11.9 Å². The Hall–Kier alpha value is -1.06. The van der Waals surface area contributed by atoms with Crippen molar-refractivity contribution in [3.8, 4) is 0 Å². The molecule has 0 aliphatic heterocycles. The van der Waals surface area contributed by atoms with Crippen molar-refractivity contribution in [2.24, 2.45) is 5.92 Å². The molecule has 0 aromatic carbocycles. The molecule has 0 aliphatic rings. The van der Waals surface area contributed by atoms with Crippen molar-refractivity contribution in [3.63, 3.8) is 0 Å². The summed E-state index contributed by atoms with van der Waals surface area (Å²) >= 11 is 0. The maximum absolute atomic E-state index is 12.2. The smallest absolute Gasteiger partial charge is 0.304 e. The van der Waals surface area contributed by atoms with Crippen LogP contribution in [0.3, 0.4) is 0 Å². The lowest BCUT2D eigenvalue weighted by atomic mass is 9.97. The minimum atomic E-state index is -0.881. The number of carboxylic acids is 1. The Morgan fingerprint density at radius 3 is 1.43 bits per heavy atom. The second-order valence-electron chi connectivity index (χ2n) is 9.03. The Morgan fingerprint density at radius 1 is 0.633 bits per heavy atom. The molecule has 0 aromatic rings. The van der Waals surface area contributed by atoms with E-state index in [1.54, 1.807) is 0 Å². The van der Waals surface area contributed by atoms with Crippen LogP contribution in [0.4, 0.5) is 0 Å². The van der Waals surface area contributed by atoms with Gasteiger partial charge in [0, 0.05) is 12.5 Å². The number of aliphatic carboxylic acids is 1. The first kappa shape index (κ1) is 28.9. The zero-order valence-electron chi connectivity index (χ0n) is 20.2. The Bertz CT molecular complexity index is 398. The minimum absolute atomic E-state index is 0.0508. The summed E-state index contributed by atoms with van der Waals surface area (Å²) in [4.78, 5) is 23.1. The second kappa shape index (κ2) is 22.6. The highest BCUT2D eigenvalue weighted by Gasteiger charge is 2.20. The molecule has 0 rings (SSSR count). The number of nitrogens with one attached hydrogen (secondary N) is 1. The molecule has 0 fully saturated rings. The summed E-state index contributed by atoms with van der Waals surface area (Å²) < 4.78 is 0. The van der Waals surface area contributed by atoms with Crippen molar-refractivity contribution in [3.05, 3.63) is 0 Å². The van der Waals surface area contributed by atoms with Crippen molar-refractivity contribution in [2.75, 3.05) is 6.54 Å². The fourth-order valence-electron chi connectivity index (χ4n) is 4.02. The molecule has 1 atom stereocenters. The van der Waals surface area contributed by atoms with Crippen molar-refractivity contribution in [1.29, 1.82) is 0 Å². The molecule has 2 N–H and O–H groups in total. The first-order chi connectivity index (χ1) is 14.6. The molecule has 0 saturated heterocycles. The van der Waals surface area contributed by atoms with Gasteiger partial charge in [0.2, 0.25) is 5.91 Å². The van der Waals surface area contributed by atoms with Gasteiger partial charge in [0.1, 0.15) is 0 Å². The number of carbonyl (C=O) groups excluding carboxylic acids is 1. The summed E-state index contributed by atoms with van der Waals surface area (Å²) in [5.41, 5.74) is 0. The van der Waals surface area contributed by atoms with Crippen molar-refractivity contribution in [1.82, 2.24) is 5.32 Å². The van der Waals surface area contributed by atoms with Crippen LogP contribution in [0, 0.1) is 5.92 Å². The molecule has 1 amide bonds. The van der Waals surface area contributed by atoms with E-state index >= 15 is 0 Å². The number of hydrogen-bond donors (Lipinski definition) is 2. The van der Waals surface area contributed by atoms with Crippen LogP contribution in [0.1, 0.15) is 142 Å². The van der Waals surface area contributed by atoms with Gasteiger partial charge >= 0.3 is 5.97 Å². The van der Waals surface area contributed by atoms with E-state index in [2.05, 4.69) is 19.2 Å². The van der Waals surface area contributed by atoms with Gasteiger partial charge in [-0.2, -0.15) is 0 Å². The van der Waals surface area contributed by atoms with Crippen LogP contribution in [0.2, 0.25) is 0 Å². The third-order valence-corrected chi connectivity index (χ3v) is 6.03. The topological polar surface area (TPSA) is 66.4 Å². The third-order valence-electron chi connectivity index (χ3n) is 6.03. The molecule has 4 nitrogen and oxygen atoms in total. The van der Waals surface area contributed by atoms with Gasteiger partial charge in [0.25, 0.3) is 0 Å². The molecule has 0 saturated carbocycles. The Morgan fingerprint density at radius 2 is 1.03 bits per heavy atom. The van der Waals surface area contributed by atoms with E-state index < -0.39 is 5.97 Å². The molecule has 4 heteroatoms. The molecule has 178 valence electrons. The predicted molar refractivity (Wildman–Crippen MR) is 128 cm³/mol. The number of hydrogen-bond acceptors (Lipinski definition) is 2. The highest BCUT2D eigenvalue weighted by atomic mass is 16.4. The van der Waals surface area contributed by atoms with Crippen LogP contribution in [0.15, 0.2) is 0 Å². The molecule has 1 unspecified atom stereocenters. The van der Waals surface area contributed by atoms with E-state index in [-0.39, 0.29) is 18.2 Å². The van der Waals surface area contributed by atoms with E-state index in [1.165, 1.54) is 89.9 Å². The van der Waals surface area contributed by atoms with Crippen molar-refractivity contribution in [2.45, 2.75) is 142 Å². The Labute approximate surface area is 187 Å². The number of carboxylic acid groups (broad SMARTS) is 1. The highest BCUT2D eigenvalue weighted by molar-refractivity contribution is 5.83. The molecule has 30 heavy (non-hydrogen) atoms. The summed E-state index contributed by atoms with van der Waals surface area (Å²) in [5, 5.41) is 11.9. The average Bonchev–Trinajstić information content (AvgIpc) is 2.72. The largest absolute Gasteiger partial charge is 0.481 e. The minimum Gasteiger partial charge on any atom is -0.481 e. The summed E-state index contributed by atoms with van der Waals surface area (Å²) in [6.45, 7) is 5.02. The van der Waals surface area contributed by atoms with Gasteiger partial charge in [-0.1, -0.05) is 123 Å². The summed E-state index contributed by atoms with van der Waals surface area (Å²) in [7, 11) is 0.